The highest BCUT2D eigenvalue weighted by Gasteiger charge is 2.25. The second-order valence-corrected chi connectivity index (χ2v) is 5.47. The summed E-state index contributed by atoms with van der Waals surface area (Å²) in [5.41, 5.74) is -0.959. The van der Waals surface area contributed by atoms with Crippen LogP contribution in [-0.2, 0) is 4.79 Å². The SMILES string of the molecule is CN(CC(=O)Nc1cc(F)ccc1F)CC(C)(CO)CO. The predicted octanol–water partition coefficient (Wildman–Crippen LogP) is 0.826. The molecule has 0 aliphatic carbocycles. The summed E-state index contributed by atoms with van der Waals surface area (Å²) in [6, 6.07) is 2.80. The minimum absolute atomic E-state index is 0.0778. The number of amides is 1. The summed E-state index contributed by atoms with van der Waals surface area (Å²) in [4.78, 5) is 13.4. The standard InChI is InChI=1S/C14H20F2N2O3/c1-14(8-19,9-20)7-18(2)6-13(21)17-12-5-10(15)3-4-11(12)16/h3-5,19-20H,6-9H2,1-2H3,(H,17,21). The van der Waals surface area contributed by atoms with E-state index < -0.39 is 23.0 Å². The molecule has 0 unspecified atom stereocenters. The summed E-state index contributed by atoms with van der Waals surface area (Å²) in [6.45, 7) is 1.42. The lowest BCUT2D eigenvalue weighted by molar-refractivity contribution is -0.117. The maximum atomic E-state index is 13.4. The third-order valence-electron chi connectivity index (χ3n) is 3.03. The minimum Gasteiger partial charge on any atom is -0.396 e. The Morgan fingerprint density at radius 3 is 2.52 bits per heavy atom. The lowest BCUT2D eigenvalue weighted by atomic mass is 9.92. The van der Waals surface area contributed by atoms with Crippen LogP contribution in [0, 0.1) is 17.0 Å². The third kappa shape index (κ3) is 5.37. The Morgan fingerprint density at radius 1 is 1.33 bits per heavy atom. The van der Waals surface area contributed by atoms with E-state index in [9.17, 15) is 23.8 Å². The average Bonchev–Trinajstić information content (AvgIpc) is 2.42. The second-order valence-electron chi connectivity index (χ2n) is 5.47. The highest BCUT2D eigenvalue weighted by Crippen LogP contribution is 2.17. The highest BCUT2D eigenvalue weighted by molar-refractivity contribution is 5.92. The number of nitrogens with one attached hydrogen (secondary N) is 1. The first kappa shape index (κ1) is 17.5. The first-order valence-electron chi connectivity index (χ1n) is 6.45. The molecule has 0 fully saturated rings. The molecule has 5 nitrogen and oxygen atoms in total. The van der Waals surface area contributed by atoms with Crippen LogP contribution < -0.4 is 5.32 Å². The van der Waals surface area contributed by atoms with Gasteiger partial charge in [0.1, 0.15) is 11.6 Å². The largest absolute Gasteiger partial charge is 0.396 e. The number of likely N-dealkylation sites (N-methyl/N-ethyl adjacent to an activating group) is 1. The van der Waals surface area contributed by atoms with Crippen molar-refractivity contribution in [2.75, 3.05) is 38.7 Å². The summed E-state index contributed by atoms with van der Waals surface area (Å²) in [5, 5.41) is 20.7. The Kier molecular flexibility index (Phi) is 6.19. The van der Waals surface area contributed by atoms with E-state index in [0.29, 0.717) is 0 Å². The normalized spacial score (nSPS) is 11.8. The zero-order valence-electron chi connectivity index (χ0n) is 12.1. The summed E-state index contributed by atoms with van der Waals surface area (Å²) in [5.74, 6) is -1.88. The number of hydrogen-bond acceptors (Lipinski definition) is 4. The van der Waals surface area contributed by atoms with Crippen LogP contribution in [0.25, 0.3) is 0 Å². The molecule has 0 saturated heterocycles. The molecule has 1 aromatic carbocycles. The highest BCUT2D eigenvalue weighted by atomic mass is 19.1. The number of aliphatic hydroxyl groups excluding tert-OH is 2. The molecule has 7 heteroatoms. The summed E-state index contributed by atoms with van der Waals surface area (Å²) >= 11 is 0. The van der Waals surface area contributed by atoms with Crippen molar-refractivity contribution in [3.63, 3.8) is 0 Å². The van der Waals surface area contributed by atoms with E-state index >= 15 is 0 Å². The number of nitrogens with zero attached hydrogens (tertiary/aromatic N) is 1. The van der Waals surface area contributed by atoms with E-state index in [1.807, 2.05) is 0 Å². The van der Waals surface area contributed by atoms with Crippen LogP contribution in [0.15, 0.2) is 18.2 Å². The van der Waals surface area contributed by atoms with Gasteiger partial charge in [-0.15, -0.1) is 0 Å². The van der Waals surface area contributed by atoms with Crippen LogP contribution in [-0.4, -0.2) is 54.4 Å². The molecule has 1 rings (SSSR count). The van der Waals surface area contributed by atoms with E-state index in [1.165, 1.54) is 0 Å². The van der Waals surface area contributed by atoms with Crippen molar-refractivity contribution >= 4 is 11.6 Å². The van der Waals surface area contributed by atoms with Crippen molar-refractivity contribution in [1.29, 1.82) is 0 Å². The topological polar surface area (TPSA) is 72.8 Å². The van der Waals surface area contributed by atoms with Gasteiger partial charge in [-0.25, -0.2) is 8.78 Å². The van der Waals surface area contributed by atoms with E-state index in [2.05, 4.69) is 5.32 Å². The maximum Gasteiger partial charge on any atom is 0.238 e. The zero-order chi connectivity index (χ0) is 16.0. The van der Waals surface area contributed by atoms with Crippen LogP contribution in [0.5, 0.6) is 0 Å². The Morgan fingerprint density at radius 2 is 1.95 bits per heavy atom. The van der Waals surface area contributed by atoms with Gasteiger partial charge in [-0.2, -0.15) is 0 Å². The van der Waals surface area contributed by atoms with E-state index in [-0.39, 0.29) is 32.0 Å². The van der Waals surface area contributed by atoms with Gasteiger partial charge in [0.05, 0.1) is 25.4 Å². The first-order valence-corrected chi connectivity index (χ1v) is 6.45. The van der Waals surface area contributed by atoms with Crippen LogP contribution in [0.4, 0.5) is 14.5 Å². The molecule has 0 radical (unpaired) electrons. The van der Waals surface area contributed by atoms with Gasteiger partial charge in [-0.3, -0.25) is 9.69 Å². The van der Waals surface area contributed by atoms with Crippen molar-refractivity contribution in [2.24, 2.45) is 5.41 Å². The third-order valence-corrected chi connectivity index (χ3v) is 3.03. The van der Waals surface area contributed by atoms with Crippen molar-refractivity contribution < 1.29 is 23.8 Å². The smallest absolute Gasteiger partial charge is 0.238 e. The molecule has 0 aromatic heterocycles. The van der Waals surface area contributed by atoms with Crippen molar-refractivity contribution in [2.45, 2.75) is 6.92 Å². The van der Waals surface area contributed by atoms with Gasteiger partial charge in [-0.1, -0.05) is 6.92 Å². The monoisotopic (exact) mass is 302 g/mol. The molecule has 0 aliphatic rings. The number of benzene rings is 1. The average molecular weight is 302 g/mol. The van der Waals surface area contributed by atoms with Gasteiger partial charge in [-0.05, 0) is 19.2 Å². The molecule has 0 bridgehead atoms. The van der Waals surface area contributed by atoms with Gasteiger partial charge >= 0.3 is 0 Å². The maximum absolute atomic E-state index is 13.4. The molecule has 0 saturated carbocycles. The molecule has 0 atom stereocenters. The molecule has 0 heterocycles. The fraction of sp³-hybridized carbons (Fsp3) is 0.500. The van der Waals surface area contributed by atoms with Gasteiger partial charge < -0.3 is 15.5 Å². The van der Waals surface area contributed by atoms with Crippen molar-refractivity contribution in [3.05, 3.63) is 29.8 Å². The summed E-state index contributed by atoms with van der Waals surface area (Å²) in [6.07, 6.45) is 0. The second kappa shape index (κ2) is 7.44. The lowest BCUT2D eigenvalue weighted by Crippen LogP contribution is -2.42. The van der Waals surface area contributed by atoms with Gasteiger partial charge in [0, 0.05) is 18.0 Å². The quantitative estimate of drug-likeness (QED) is 0.697. The molecular formula is C14H20F2N2O3. The minimum atomic E-state index is -0.737. The van der Waals surface area contributed by atoms with Crippen LogP contribution in [0.3, 0.4) is 0 Å². The summed E-state index contributed by atoms with van der Waals surface area (Å²) in [7, 11) is 1.63. The number of anilines is 1. The van der Waals surface area contributed by atoms with Crippen molar-refractivity contribution in [3.8, 4) is 0 Å². The number of halogens is 2. The Bertz CT molecular complexity index is 493. The van der Waals surface area contributed by atoms with Crippen LogP contribution in [0.2, 0.25) is 0 Å². The predicted molar refractivity (Wildman–Crippen MR) is 74.8 cm³/mol. The van der Waals surface area contributed by atoms with Gasteiger partial charge in [0.15, 0.2) is 0 Å². The summed E-state index contributed by atoms with van der Waals surface area (Å²) < 4.78 is 26.4. The van der Waals surface area contributed by atoms with Crippen LogP contribution in [0.1, 0.15) is 6.92 Å². The molecular weight excluding hydrogens is 282 g/mol. The number of carbonyl (C=O) groups excluding carboxylic acids is 1. The molecule has 118 valence electrons. The number of carbonyl (C=O) groups is 1. The Labute approximate surface area is 122 Å². The Hall–Kier alpha value is -1.57. The van der Waals surface area contributed by atoms with Crippen molar-refractivity contribution in [1.82, 2.24) is 4.90 Å². The van der Waals surface area contributed by atoms with E-state index in [1.54, 1.807) is 18.9 Å². The molecule has 0 spiro atoms. The van der Waals surface area contributed by atoms with E-state index in [4.69, 9.17) is 0 Å². The molecule has 1 aromatic rings. The zero-order valence-corrected chi connectivity index (χ0v) is 12.1. The number of aliphatic hydroxyl groups is 2. The fourth-order valence-electron chi connectivity index (χ4n) is 1.89. The fourth-order valence-corrected chi connectivity index (χ4v) is 1.89. The van der Waals surface area contributed by atoms with Gasteiger partial charge in [0.2, 0.25) is 5.91 Å². The molecule has 1 amide bonds. The Balaban J connectivity index is 2.59. The van der Waals surface area contributed by atoms with Crippen LogP contribution >= 0.6 is 0 Å². The molecule has 21 heavy (non-hydrogen) atoms. The van der Waals surface area contributed by atoms with E-state index in [0.717, 1.165) is 18.2 Å². The number of hydrogen-bond donors (Lipinski definition) is 3. The van der Waals surface area contributed by atoms with Gasteiger partial charge in [0.25, 0.3) is 0 Å². The first-order chi connectivity index (χ1) is 9.79. The number of rotatable bonds is 7. The lowest BCUT2D eigenvalue weighted by Gasteiger charge is -2.29. The molecule has 0 aliphatic heterocycles. The molecule has 3 N–H and O–H groups in total.